The fraction of sp³-hybridized carbons (Fsp3) is 0.273. The number of furan rings is 1. The molecule has 1 aliphatic heterocycles. The van der Waals surface area contributed by atoms with E-state index in [9.17, 15) is 10.1 Å². The van der Waals surface area contributed by atoms with Crippen molar-refractivity contribution in [3.63, 3.8) is 0 Å². The standard InChI is InChI=1S/C33H32N2O6/c1-18(2)12-13-38-27-11-7-21(15-29(27)37-5)30-23-9-8-22(16-28(23)41-32(35)25(30)17-34)39-33(36)31-20(4)24-14-19(3)6-10-26(24)40-31/h6-11,14-16,18,30H,12-13,35H2,1-5H3. The van der Waals surface area contributed by atoms with Crippen molar-refractivity contribution in [3.05, 3.63) is 94.1 Å². The average molecular weight is 553 g/mol. The van der Waals surface area contributed by atoms with E-state index >= 15 is 0 Å². The van der Waals surface area contributed by atoms with Crippen LogP contribution in [0.15, 0.2) is 70.5 Å². The smallest absolute Gasteiger partial charge is 0.379 e. The Morgan fingerprint density at radius 3 is 2.61 bits per heavy atom. The van der Waals surface area contributed by atoms with E-state index in [-0.39, 0.29) is 23.0 Å². The fourth-order valence-electron chi connectivity index (χ4n) is 4.91. The quantitative estimate of drug-likeness (QED) is 0.185. The molecule has 2 N–H and O–H groups in total. The van der Waals surface area contributed by atoms with Crippen LogP contribution < -0.4 is 24.7 Å². The summed E-state index contributed by atoms with van der Waals surface area (Å²) in [5.41, 5.74) is 10.3. The molecule has 0 saturated carbocycles. The van der Waals surface area contributed by atoms with Crippen LogP contribution in [-0.4, -0.2) is 19.7 Å². The van der Waals surface area contributed by atoms with Crippen molar-refractivity contribution in [1.82, 2.24) is 0 Å². The second-order valence-electron chi connectivity index (χ2n) is 10.5. The van der Waals surface area contributed by atoms with E-state index in [1.807, 2.05) is 50.2 Å². The maximum atomic E-state index is 13.1. The lowest BCUT2D eigenvalue weighted by molar-refractivity contribution is 0.0702. The van der Waals surface area contributed by atoms with E-state index in [0.29, 0.717) is 46.5 Å². The zero-order chi connectivity index (χ0) is 29.3. The molecule has 0 amide bonds. The van der Waals surface area contributed by atoms with Gasteiger partial charge in [0.25, 0.3) is 0 Å². The zero-order valence-corrected chi connectivity index (χ0v) is 23.7. The number of methoxy groups -OCH3 is 1. The molecule has 5 rings (SSSR count). The predicted molar refractivity (Wildman–Crippen MR) is 154 cm³/mol. The normalized spacial score (nSPS) is 14.4. The van der Waals surface area contributed by atoms with E-state index in [2.05, 4.69) is 19.9 Å². The highest BCUT2D eigenvalue weighted by Crippen LogP contribution is 2.45. The van der Waals surface area contributed by atoms with Crippen LogP contribution in [0.3, 0.4) is 0 Å². The molecule has 1 atom stereocenters. The number of benzene rings is 3. The molecule has 1 aromatic heterocycles. The number of nitrogens with two attached hydrogens (primary N) is 1. The Labute approximate surface area is 238 Å². The lowest BCUT2D eigenvalue weighted by atomic mass is 9.83. The summed E-state index contributed by atoms with van der Waals surface area (Å²) in [6.07, 6.45) is 0.915. The molecule has 0 bridgehead atoms. The summed E-state index contributed by atoms with van der Waals surface area (Å²) in [5, 5.41) is 10.8. The highest BCUT2D eigenvalue weighted by Gasteiger charge is 2.32. The van der Waals surface area contributed by atoms with Crippen molar-refractivity contribution in [2.45, 2.75) is 40.0 Å². The summed E-state index contributed by atoms with van der Waals surface area (Å²) in [4.78, 5) is 13.1. The van der Waals surface area contributed by atoms with E-state index in [1.54, 1.807) is 25.3 Å². The summed E-state index contributed by atoms with van der Waals surface area (Å²) < 4.78 is 28.8. The minimum atomic E-state index is -0.623. The van der Waals surface area contributed by atoms with Crippen LogP contribution >= 0.6 is 0 Å². The molecule has 3 aromatic carbocycles. The van der Waals surface area contributed by atoms with Crippen LogP contribution in [-0.2, 0) is 0 Å². The first-order chi connectivity index (χ1) is 19.7. The number of carbonyl (C=O) groups is 1. The SMILES string of the molecule is COc1cc(C2C(C#N)=C(N)Oc3cc(OC(=O)c4oc5ccc(C)cc5c4C)ccc32)ccc1OCCC(C)C. The fourth-order valence-corrected chi connectivity index (χ4v) is 4.91. The maximum absolute atomic E-state index is 13.1. The van der Waals surface area contributed by atoms with Gasteiger partial charge in [-0.25, -0.2) is 4.79 Å². The van der Waals surface area contributed by atoms with Crippen molar-refractivity contribution < 1.29 is 28.2 Å². The highest BCUT2D eigenvalue weighted by atomic mass is 16.5. The van der Waals surface area contributed by atoms with Gasteiger partial charge in [-0.2, -0.15) is 5.26 Å². The molecule has 0 radical (unpaired) electrons. The Hall–Kier alpha value is -4.90. The number of esters is 1. The Kier molecular flexibility index (Phi) is 7.62. The Morgan fingerprint density at radius 2 is 1.88 bits per heavy atom. The molecule has 1 unspecified atom stereocenters. The number of fused-ring (bicyclic) bond motifs is 2. The Balaban J connectivity index is 1.45. The number of carbonyl (C=O) groups excluding carboxylic acids is 1. The van der Waals surface area contributed by atoms with Crippen LogP contribution in [0.2, 0.25) is 0 Å². The lowest BCUT2D eigenvalue weighted by Crippen LogP contribution is -2.21. The summed E-state index contributed by atoms with van der Waals surface area (Å²) in [5.74, 6) is 1.30. The molecule has 2 heterocycles. The number of hydrogen-bond acceptors (Lipinski definition) is 8. The third-order valence-corrected chi connectivity index (χ3v) is 7.15. The van der Waals surface area contributed by atoms with Crippen molar-refractivity contribution in [1.29, 1.82) is 5.26 Å². The second-order valence-corrected chi connectivity index (χ2v) is 10.5. The molecule has 1 aliphatic rings. The molecule has 0 saturated heterocycles. The second kappa shape index (κ2) is 11.3. The zero-order valence-electron chi connectivity index (χ0n) is 23.7. The Morgan fingerprint density at radius 1 is 1.07 bits per heavy atom. The molecule has 8 nitrogen and oxygen atoms in total. The van der Waals surface area contributed by atoms with Gasteiger partial charge in [0.05, 0.1) is 19.6 Å². The van der Waals surface area contributed by atoms with Crippen LogP contribution in [0.1, 0.15) is 59.0 Å². The van der Waals surface area contributed by atoms with Gasteiger partial charge >= 0.3 is 5.97 Å². The lowest BCUT2D eigenvalue weighted by Gasteiger charge is -2.27. The summed E-state index contributed by atoms with van der Waals surface area (Å²) in [6, 6.07) is 18.5. The molecule has 8 heteroatoms. The number of hydrogen-bond donors (Lipinski definition) is 1. The average Bonchev–Trinajstić information content (AvgIpc) is 3.27. The van der Waals surface area contributed by atoms with Gasteiger partial charge in [-0.05, 0) is 62.1 Å². The van der Waals surface area contributed by atoms with Crippen LogP contribution in [0.5, 0.6) is 23.0 Å². The number of nitrogens with zero attached hydrogens (tertiary/aromatic N) is 1. The molecule has 4 aromatic rings. The number of rotatable bonds is 8. The Bertz CT molecular complexity index is 1710. The largest absolute Gasteiger partial charge is 0.493 e. The van der Waals surface area contributed by atoms with Gasteiger partial charge in [0.15, 0.2) is 11.5 Å². The number of allylic oxidation sites excluding steroid dienone is 1. The first-order valence-corrected chi connectivity index (χ1v) is 13.4. The number of aryl methyl sites for hydroxylation is 2. The number of ether oxygens (including phenoxy) is 4. The minimum Gasteiger partial charge on any atom is -0.493 e. The number of nitriles is 1. The molecule has 210 valence electrons. The van der Waals surface area contributed by atoms with Gasteiger partial charge in [0.1, 0.15) is 28.7 Å². The van der Waals surface area contributed by atoms with E-state index in [0.717, 1.165) is 22.9 Å². The van der Waals surface area contributed by atoms with Crippen molar-refractivity contribution >= 4 is 16.9 Å². The van der Waals surface area contributed by atoms with Gasteiger partial charge in [-0.3, -0.25) is 0 Å². The first kappa shape index (κ1) is 27.7. The van der Waals surface area contributed by atoms with Crippen LogP contribution in [0.25, 0.3) is 11.0 Å². The molecule has 0 aliphatic carbocycles. The minimum absolute atomic E-state index is 0.0202. The van der Waals surface area contributed by atoms with Crippen LogP contribution in [0.4, 0.5) is 0 Å². The molecular formula is C33H32N2O6. The van der Waals surface area contributed by atoms with Crippen molar-refractivity contribution in [2.24, 2.45) is 11.7 Å². The van der Waals surface area contributed by atoms with Crippen molar-refractivity contribution in [3.8, 4) is 29.1 Å². The topological polar surface area (TPSA) is 117 Å². The molecule has 41 heavy (non-hydrogen) atoms. The van der Waals surface area contributed by atoms with E-state index < -0.39 is 11.9 Å². The monoisotopic (exact) mass is 552 g/mol. The van der Waals surface area contributed by atoms with Gasteiger partial charge in [-0.1, -0.05) is 37.6 Å². The third kappa shape index (κ3) is 5.44. The van der Waals surface area contributed by atoms with Gasteiger partial charge in [-0.15, -0.1) is 0 Å². The maximum Gasteiger partial charge on any atom is 0.379 e. The molecular weight excluding hydrogens is 520 g/mol. The van der Waals surface area contributed by atoms with Crippen LogP contribution in [0, 0.1) is 31.1 Å². The summed E-state index contributed by atoms with van der Waals surface area (Å²) in [7, 11) is 1.58. The predicted octanol–water partition coefficient (Wildman–Crippen LogP) is 6.92. The summed E-state index contributed by atoms with van der Waals surface area (Å²) in [6.45, 7) is 8.65. The van der Waals surface area contributed by atoms with E-state index in [1.165, 1.54) is 0 Å². The van der Waals surface area contributed by atoms with Crippen molar-refractivity contribution in [2.75, 3.05) is 13.7 Å². The summed E-state index contributed by atoms with van der Waals surface area (Å²) >= 11 is 0. The third-order valence-electron chi connectivity index (χ3n) is 7.15. The highest BCUT2D eigenvalue weighted by molar-refractivity contribution is 5.97. The van der Waals surface area contributed by atoms with Gasteiger partial charge in [0.2, 0.25) is 11.6 Å². The van der Waals surface area contributed by atoms with Gasteiger partial charge in [0, 0.05) is 22.6 Å². The van der Waals surface area contributed by atoms with E-state index in [4.69, 9.17) is 29.1 Å². The molecule has 0 fully saturated rings. The van der Waals surface area contributed by atoms with Gasteiger partial charge < -0.3 is 29.1 Å². The molecule has 0 spiro atoms. The first-order valence-electron chi connectivity index (χ1n) is 13.4.